The molecule has 6 nitrogen and oxygen atoms in total. The van der Waals surface area contributed by atoms with E-state index in [9.17, 15) is 18.8 Å². The van der Waals surface area contributed by atoms with Crippen LogP contribution >= 0.6 is 0 Å². The number of carbonyl (C=O) groups excluding carboxylic acids is 1. The number of hydrogen-bond acceptors (Lipinski definition) is 6. The van der Waals surface area contributed by atoms with Gasteiger partial charge in [-0.15, -0.1) is 0 Å². The van der Waals surface area contributed by atoms with Crippen LogP contribution in [0, 0.1) is 23.0 Å². The minimum absolute atomic E-state index is 0.0331. The smallest absolute Gasteiger partial charge is 0.338 e. The van der Waals surface area contributed by atoms with Crippen molar-refractivity contribution in [3.8, 4) is 11.8 Å². The average Bonchev–Trinajstić information content (AvgIpc) is 2.71. The van der Waals surface area contributed by atoms with Gasteiger partial charge < -0.3 is 19.9 Å². The van der Waals surface area contributed by atoms with Crippen LogP contribution in [0.3, 0.4) is 0 Å². The van der Waals surface area contributed by atoms with Crippen molar-refractivity contribution in [2.75, 3.05) is 6.61 Å². The number of nitriles is 1. The van der Waals surface area contributed by atoms with Crippen LogP contribution in [0.5, 0.6) is 5.75 Å². The first-order valence-electron chi connectivity index (χ1n) is 9.47. The molecule has 31 heavy (non-hydrogen) atoms. The number of esters is 1. The fourth-order valence-corrected chi connectivity index (χ4v) is 3.31. The zero-order valence-corrected chi connectivity index (χ0v) is 16.9. The predicted molar refractivity (Wildman–Crippen MR) is 107 cm³/mol. The number of nitrogens with zero attached hydrogens (tertiary/aromatic N) is 1. The van der Waals surface area contributed by atoms with Crippen molar-refractivity contribution in [1.82, 2.24) is 0 Å². The first-order valence-corrected chi connectivity index (χ1v) is 9.47. The second kappa shape index (κ2) is 9.30. The third-order valence-corrected chi connectivity index (χ3v) is 4.64. The van der Waals surface area contributed by atoms with Gasteiger partial charge in [-0.2, -0.15) is 5.26 Å². The Bertz CT molecular complexity index is 1080. The van der Waals surface area contributed by atoms with Crippen LogP contribution in [-0.2, 0) is 20.9 Å². The van der Waals surface area contributed by atoms with Crippen LogP contribution in [-0.4, -0.2) is 12.6 Å². The third-order valence-electron chi connectivity index (χ3n) is 4.64. The van der Waals surface area contributed by atoms with Crippen molar-refractivity contribution in [2.45, 2.75) is 26.4 Å². The highest BCUT2D eigenvalue weighted by atomic mass is 19.1. The lowest BCUT2D eigenvalue weighted by molar-refractivity contribution is -0.139. The number of benzene rings is 2. The number of carbonyl (C=O) groups is 1. The van der Waals surface area contributed by atoms with E-state index in [1.165, 1.54) is 12.1 Å². The lowest BCUT2D eigenvalue weighted by Crippen LogP contribution is -2.25. The Morgan fingerprint density at radius 2 is 1.84 bits per heavy atom. The third kappa shape index (κ3) is 4.83. The first-order chi connectivity index (χ1) is 14.8. The SMILES string of the molecule is CCOC(=O)C1=C(C)OC(N)=C(C#N)C1c1ccc(OCc2cc(F)cc(F)c2)cc1. The summed E-state index contributed by atoms with van der Waals surface area (Å²) < 4.78 is 42.7. The fraction of sp³-hybridized carbons (Fsp3) is 0.217. The molecule has 0 aromatic heterocycles. The maximum atomic E-state index is 13.3. The summed E-state index contributed by atoms with van der Waals surface area (Å²) in [5, 5.41) is 9.59. The molecule has 2 aromatic carbocycles. The fourth-order valence-electron chi connectivity index (χ4n) is 3.31. The molecule has 1 heterocycles. The van der Waals surface area contributed by atoms with Crippen LogP contribution in [0.4, 0.5) is 8.78 Å². The maximum Gasteiger partial charge on any atom is 0.338 e. The van der Waals surface area contributed by atoms with E-state index in [-0.39, 0.29) is 36.0 Å². The van der Waals surface area contributed by atoms with Gasteiger partial charge in [0.15, 0.2) is 0 Å². The molecule has 160 valence electrons. The van der Waals surface area contributed by atoms with E-state index in [0.29, 0.717) is 16.9 Å². The zero-order chi connectivity index (χ0) is 22.5. The maximum absolute atomic E-state index is 13.3. The summed E-state index contributed by atoms with van der Waals surface area (Å²) in [5.41, 5.74) is 7.11. The average molecular weight is 426 g/mol. The van der Waals surface area contributed by atoms with Crippen molar-refractivity contribution >= 4 is 5.97 Å². The summed E-state index contributed by atoms with van der Waals surface area (Å²) in [6.07, 6.45) is 0. The Labute approximate surface area is 178 Å². The largest absolute Gasteiger partial charge is 0.489 e. The van der Waals surface area contributed by atoms with Crippen molar-refractivity contribution < 1.29 is 27.8 Å². The lowest BCUT2D eigenvalue weighted by atomic mass is 9.83. The van der Waals surface area contributed by atoms with Crippen molar-refractivity contribution in [1.29, 1.82) is 5.26 Å². The van der Waals surface area contributed by atoms with Crippen LogP contribution in [0.15, 0.2) is 65.3 Å². The van der Waals surface area contributed by atoms with E-state index in [4.69, 9.17) is 19.9 Å². The molecule has 0 bridgehead atoms. The zero-order valence-electron chi connectivity index (χ0n) is 16.9. The summed E-state index contributed by atoms with van der Waals surface area (Å²) in [6.45, 7) is 3.39. The Morgan fingerprint density at radius 1 is 1.19 bits per heavy atom. The monoisotopic (exact) mass is 426 g/mol. The summed E-state index contributed by atoms with van der Waals surface area (Å²) in [4.78, 5) is 12.5. The molecular weight excluding hydrogens is 406 g/mol. The Kier molecular flexibility index (Phi) is 6.55. The highest BCUT2D eigenvalue weighted by Crippen LogP contribution is 2.40. The molecule has 1 aliphatic heterocycles. The number of halogens is 2. The van der Waals surface area contributed by atoms with E-state index in [1.807, 2.05) is 6.07 Å². The highest BCUT2D eigenvalue weighted by molar-refractivity contribution is 5.92. The summed E-state index contributed by atoms with van der Waals surface area (Å²) in [5.74, 6) is -2.11. The van der Waals surface area contributed by atoms with Crippen LogP contribution < -0.4 is 10.5 Å². The molecule has 1 unspecified atom stereocenters. The van der Waals surface area contributed by atoms with Crippen molar-refractivity contribution in [3.63, 3.8) is 0 Å². The summed E-state index contributed by atoms with van der Waals surface area (Å²) in [6, 6.07) is 11.8. The standard InChI is InChI=1S/C23H20F2N2O4/c1-3-29-23(28)20-13(2)31-22(27)19(11-26)21(20)15-4-6-18(7-5-15)30-12-14-8-16(24)10-17(25)9-14/h4-10,21H,3,12,27H2,1-2H3. The lowest BCUT2D eigenvalue weighted by Gasteiger charge is -2.26. The molecular formula is C23H20F2N2O4. The molecule has 2 N–H and O–H groups in total. The van der Waals surface area contributed by atoms with Gasteiger partial charge in [-0.25, -0.2) is 13.6 Å². The minimum atomic E-state index is -0.760. The van der Waals surface area contributed by atoms with Gasteiger partial charge in [0, 0.05) is 6.07 Å². The quantitative estimate of drug-likeness (QED) is 0.696. The molecule has 2 aromatic rings. The van der Waals surface area contributed by atoms with Gasteiger partial charge in [0.1, 0.15) is 41.4 Å². The number of hydrogen-bond donors (Lipinski definition) is 1. The normalized spacial score (nSPS) is 15.9. The highest BCUT2D eigenvalue weighted by Gasteiger charge is 2.36. The van der Waals surface area contributed by atoms with Gasteiger partial charge in [-0.05, 0) is 49.2 Å². The van der Waals surface area contributed by atoms with Gasteiger partial charge in [0.25, 0.3) is 0 Å². The van der Waals surface area contributed by atoms with Gasteiger partial charge >= 0.3 is 5.97 Å². The first kappa shape index (κ1) is 21.8. The molecule has 3 rings (SSSR count). The Hall–Kier alpha value is -3.86. The van der Waals surface area contributed by atoms with E-state index >= 15 is 0 Å². The number of allylic oxidation sites excluding steroid dienone is 2. The van der Waals surface area contributed by atoms with Crippen molar-refractivity contribution in [3.05, 3.63) is 88.0 Å². The van der Waals surface area contributed by atoms with E-state index in [1.54, 1.807) is 38.1 Å². The van der Waals surface area contributed by atoms with E-state index < -0.39 is 23.5 Å². The topological polar surface area (TPSA) is 94.6 Å². The van der Waals surface area contributed by atoms with Crippen molar-refractivity contribution in [2.24, 2.45) is 5.73 Å². The molecule has 0 amide bonds. The van der Waals surface area contributed by atoms with Gasteiger partial charge in [0.05, 0.1) is 18.1 Å². The summed E-state index contributed by atoms with van der Waals surface area (Å²) in [7, 11) is 0. The van der Waals surface area contributed by atoms with E-state index in [2.05, 4.69) is 0 Å². The van der Waals surface area contributed by atoms with E-state index in [0.717, 1.165) is 6.07 Å². The molecule has 0 saturated carbocycles. The van der Waals surface area contributed by atoms with Crippen LogP contribution in [0.1, 0.15) is 30.9 Å². The van der Waals surface area contributed by atoms with Crippen LogP contribution in [0.2, 0.25) is 0 Å². The number of rotatable bonds is 6. The number of nitrogens with two attached hydrogens (primary N) is 1. The van der Waals surface area contributed by atoms with Gasteiger partial charge in [0.2, 0.25) is 5.88 Å². The molecule has 0 radical (unpaired) electrons. The molecule has 1 atom stereocenters. The Morgan fingerprint density at radius 3 is 2.42 bits per heavy atom. The predicted octanol–water partition coefficient (Wildman–Crippen LogP) is 4.19. The second-order valence-electron chi connectivity index (χ2n) is 6.75. The molecule has 0 aliphatic carbocycles. The molecule has 1 aliphatic rings. The summed E-state index contributed by atoms with van der Waals surface area (Å²) >= 11 is 0. The molecule has 0 fully saturated rings. The molecule has 8 heteroatoms. The second-order valence-corrected chi connectivity index (χ2v) is 6.75. The molecule has 0 saturated heterocycles. The van der Waals surface area contributed by atoms with Gasteiger partial charge in [-0.3, -0.25) is 0 Å². The Balaban J connectivity index is 1.86. The van der Waals surface area contributed by atoms with Crippen LogP contribution in [0.25, 0.3) is 0 Å². The number of ether oxygens (including phenoxy) is 3. The minimum Gasteiger partial charge on any atom is -0.489 e. The molecule has 0 spiro atoms. The van der Waals surface area contributed by atoms with Gasteiger partial charge in [-0.1, -0.05) is 12.1 Å².